The van der Waals surface area contributed by atoms with E-state index in [0.717, 1.165) is 31.3 Å². The van der Waals surface area contributed by atoms with Gasteiger partial charge in [0, 0.05) is 27.2 Å². The van der Waals surface area contributed by atoms with Gasteiger partial charge in [0.15, 0.2) is 5.96 Å². The molecule has 8 heteroatoms. The first-order chi connectivity index (χ1) is 12.2. The molecule has 1 aromatic heterocycles. The van der Waals surface area contributed by atoms with Crippen LogP contribution in [0.3, 0.4) is 0 Å². The summed E-state index contributed by atoms with van der Waals surface area (Å²) in [6.45, 7) is 8.42. The van der Waals surface area contributed by atoms with Crippen molar-refractivity contribution in [2.45, 2.75) is 52.0 Å². The Labute approximate surface area is 175 Å². The van der Waals surface area contributed by atoms with Gasteiger partial charge < -0.3 is 15.1 Å². The molecule has 150 valence electrons. The molecule has 0 aromatic carbocycles. The molecule has 0 atom stereocenters. The average molecular weight is 477 g/mol. The molecule has 1 aliphatic heterocycles. The zero-order valence-corrected chi connectivity index (χ0v) is 19.0. The molecule has 0 unspecified atom stereocenters. The largest absolute Gasteiger partial charge is 0.357 e. The van der Waals surface area contributed by atoms with E-state index in [1.165, 1.54) is 51.7 Å². The van der Waals surface area contributed by atoms with Crippen LogP contribution in [0.2, 0.25) is 0 Å². The molecular weight excluding hydrogens is 441 g/mol. The van der Waals surface area contributed by atoms with Gasteiger partial charge in [-0.05, 0) is 52.2 Å². The number of unbranched alkanes of at least 4 members (excludes halogenated alkanes) is 2. The molecule has 1 fully saturated rings. The molecule has 0 radical (unpaired) electrons. The Hall–Kier alpha value is -0.900. The minimum absolute atomic E-state index is 0. The lowest BCUT2D eigenvalue weighted by atomic mass is 10.1. The Morgan fingerprint density at radius 2 is 2.00 bits per heavy atom. The average Bonchev–Trinajstić information content (AvgIpc) is 3.02. The van der Waals surface area contributed by atoms with Crippen molar-refractivity contribution < 1.29 is 0 Å². The number of hydrogen-bond donors (Lipinski definition) is 1. The smallest absolute Gasteiger partial charge is 0.194 e. The van der Waals surface area contributed by atoms with Gasteiger partial charge in [-0.2, -0.15) is 5.10 Å². The van der Waals surface area contributed by atoms with Gasteiger partial charge in [0.25, 0.3) is 0 Å². The number of halogens is 1. The van der Waals surface area contributed by atoms with Crippen molar-refractivity contribution >= 4 is 29.9 Å². The lowest BCUT2D eigenvalue weighted by Gasteiger charge is -2.26. The van der Waals surface area contributed by atoms with Crippen molar-refractivity contribution in [2.24, 2.45) is 12.0 Å². The fourth-order valence-corrected chi connectivity index (χ4v) is 3.21. The van der Waals surface area contributed by atoms with Crippen LogP contribution in [0.25, 0.3) is 0 Å². The topological polar surface area (TPSA) is 61.6 Å². The number of aromatic nitrogens is 3. The van der Waals surface area contributed by atoms with Crippen LogP contribution in [0.5, 0.6) is 0 Å². The Morgan fingerprint density at radius 3 is 2.65 bits per heavy atom. The lowest BCUT2D eigenvalue weighted by molar-refractivity contribution is 0.224. The lowest BCUT2D eigenvalue weighted by Crippen LogP contribution is -2.39. The Morgan fingerprint density at radius 1 is 1.23 bits per heavy atom. The molecule has 1 aliphatic rings. The Balaban J connectivity index is 0.00000338. The van der Waals surface area contributed by atoms with Crippen molar-refractivity contribution in [3.8, 4) is 0 Å². The van der Waals surface area contributed by atoms with E-state index < -0.39 is 0 Å². The van der Waals surface area contributed by atoms with E-state index in [1.54, 1.807) is 11.0 Å². The highest BCUT2D eigenvalue weighted by Gasteiger charge is 2.10. The predicted molar refractivity (Wildman–Crippen MR) is 118 cm³/mol. The molecule has 0 spiro atoms. The van der Waals surface area contributed by atoms with Crippen LogP contribution >= 0.6 is 24.0 Å². The van der Waals surface area contributed by atoms with Gasteiger partial charge in [0.1, 0.15) is 12.2 Å². The zero-order chi connectivity index (χ0) is 17.9. The molecule has 1 aromatic rings. The fraction of sp³-hybridized carbons (Fsp3) is 0.833. The highest BCUT2D eigenvalue weighted by Crippen LogP contribution is 2.10. The summed E-state index contributed by atoms with van der Waals surface area (Å²) in [6, 6.07) is 0. The molecular formula is C18H36IN7. The van der Waals surface area contributed by atoms with Gasteiger partial charge >= 0.3 is 0 Å². The summed E-state index contributed by atoms with van der Waals surface area (Å²) >= 11 is 0. The minimum Gasteiger partial charge on any atom is -0.357 e. The first kappa shape index (κ1) is 23.1. The van der Waals surface area contributed by atoms with E-state index in [-0.39, 0.29) is 24.0 Å². The van der Waals surface area contributed by atoms with E-state index in [0.29, 0.717) is 6.54 Å². The van der Waals surface area contributed by atoms with Crippen molar-refractivity contribution in [2.75, 3.05) is 39.8 Å². The molecule has 2 rings (SSSR count). The zero-order valence-electron chi connectivity index (χ0n) is 16.7. The standard InChI is InChI=1S/C18H35N7.HI/c1-4-19-18(23(2)15-17-21-16-22-24(17)3)20-11-7-5-8-12-25-13-9-6-10-14-25;/h16H,4-15H2,1-3H3,(H,19,20);1H. The summed E-state index contributed by atoms with van der Waals surface area (Å²) < 4.78 is 1.81. The monoisotopic (exact) mass is 477 g/mol. The van der Waals surface area contributed by atoms with Gasteiger partial charge in [0.05, 0.1) is 6.54 Å². The summed E-state index contributed by atoms with van der Waals surface area (Å²) in [4.78, 5) is 13.8. The van der Waals surface area contributed by atoms with Gasteiger partial charge in [-0.3, -0.25) is 9.67 Å². The van der Waals surface area contributed by atoms with E-state index in [2.05, 4.69) is 32.1 Å². The maximum absolute atomic E-state index is 4.77. The van der Waals surface area contributed by atoms with Gasteiger partial charge in [-0.1, -0.05) is 12.8 Å². The second kappa shape index (κ2) is 13.3. The number of piperidine rings is 1. The number of likely N-dealkylation sites (tertiary alicyclic amines) is 1. The Bertz CT molecular complexity index is 511. The first-order valence-corrected chi connectivity index (χ1v) is 9.75. The summed E-state index contributed by atoms with van der Waals surface area (Å²) in [5.41, 5.74) is 0. The summed E-state index contributed by atoms with van der Waals surface area (Å²) in [5.74, 6) is 1.89. The van der Waals surface area contributed by atoms with Crippen LogP contribution in [0.1, 0.15) is 51.3 Å². The molecule has 0 saturated carbocycles. The minimum atomic E-state index is 0. The third kappa shape index (κ3) is 8.20. The van der Waals surface area contributed by atoms with Crippen LogP contribution in [0, 0.1) is 0 Å². The molecule has 0 aliphatic carbocycles. The Kier molecular flexibility index (Phi) is 11.8. The fourth-order valence-electron chi connectivity index (χ4n) is 3.21. The van der Waals surface area contributed by atoms with Gasteiger partial charge in [0.2, 0.25) is 0 Å². The van der Waals surface area contributed by atoms with Crippen molar-refractivity contribution in [3.05, 3.63) is 12.2 Å². The molecule has 0 bridgehead atoms. The van der Waals surface area contributed by atoms with Crippen molar-refractivity contribution in [1.82, 2.24) is 29.9 Å². The number of aliphatic imine (C=N–C) groups is 1. The van der Waals surface area contributed by atoms with Crippen molar-refractivity contribution in [1.29, 1.82) is 0 Å². The van der Waals surface area contributed by atoms with Gasteiger partial charge in [-0.25, -0.2) is 4.98 Å². The molecule has 0 amide bonds. The van der Waals surface area contributed by atoms with E-state index >= 15 is 0 Å². The molecule has 26 heavy (non-hydrogen) atoms. The van der Waals surface area contributed by atoms with Gasteiger partial charge in [-0.15, -0.1) is 24.0 Å². The normalized spacial score (nSPS) is 15.6. The van der Waals surface area contributed by atoms with Crippen LogP contribution < -0.4 is 5.32 Å². The number of hydrogen-bond acceptors (Lipinski definition) is 4. The summed E-state index contributed by atoms with van der Waals surface area (Å²) in [7, 11) is 3.97. The van der Waals surface area contributed by atoms with Crippen LogP contribution in [-0.2, 0) is 13.6 Å². The molecule has 1 N–H and O–H groups in total. The molecule has 7 nitrogen and oxygen atoms in total. The summed E-state index contributed by atoms with van der Waals surface area (Å²) in [6.07, 6.45) is 9.48. The number of nitrogens with one attached hydrogen (secondary N) is 1. The van der Waals surface area contributed by atoms with Crippen LogP contribution in [-0.4, -0.2) is 70.3 Å². The summed E-state index contributed by atoms with van der Waals surface area (Å²) in [5, 5.41) is 7.49. The maximum atomic E-state index is 4.77. The van der Waals surface area contributed by atoms with E-state index in [4.69, 9.17) is 4.99 Å². The highest BCUT2D eigenvalue weighted by atomic mass is 127. The highest BCUT2D eigenvalue weighted by molar-refractivity contribution is 14.0. The third-order valence-corrected chi connectivity index (χ3v) is 4.72. The van der Waals surface area contributed by atoms with E-state index in [9.17, 15) is 0 Å². The number of nitrogens with zero attached hydrogens (tertiary/aromatic N) is 6. The number of aryl methyl sites for hydroxylation is 1. The maximum Gasteiger partial charge on any atom is 0.194 e. The predicted octanol–water partition coefficient (Wildman–Crippen LogP) is 2.49. The van der Waals surface area contributed by atoms with Crippen LogP contribution in [0.4, 0.5) is 0 Å². The first-order valence-electron chi connectivity index (χ1n) is 9.75. The third-order valence-electron chi connectivity index (χ3n) is 4.72. The van der Waals surface area contributed by atoms with Crippen LogP contribution in [0.15, 0.2) is 11.3 Å². The second-order valence-corrected chi connectivity index (χ2v) is 6.85. The SMILES string of the molecule is CCNC(=NCCCCCN1CCCCC1)N(C)Cc1ncnn1C.I. The molecule has 2 heterocycles. The second-order valence-electron chi connectivity index (χ2n) is 6.85. The quantitative estimate of drug-likeness (QED) is 0.256. The van der Waals surface area contributed by atoms with E-state index in [1.807, 2.05) is 14.1 Å². The molecule has 1 saturated heterocycles. The number of guanidine groups is 1. The number of rotatable bonds is 9. The van der Waals surface area contributed by atoms with Crippen molar-refractivity contribution in [3.63, 3.8) is 0 Å².